The van der Waals surface area contributed by atoms with Gasteiger partial charge >= 0.3 is 19.8 Å². The predicted octanol–water partition coefficient (Wildman–Crippen LogP) is 12.2. The second kappa shape index (κ2) is 39.9. The Morgan fingerprint density at radius 1 is 0.566 bits per heavy atom. The van der Waals surface area contributed by atoms with E-state index < -0.39 is 32.5 Å². The van der Waals surface area contributed by atoms with Crippen LogP contribution in [-0.2, 0) is 32.7 Å². The van der Waals surface area contributed by atoms with Crippen molar-refractivity contribution >= 4 is 19.8 Å². The first-order valence-electron chi connectivity index (χ1n) is 21.5. The van der Waals surface area contributed by atoms with Gasteiger partial charge in [0.15, 0.2) is 6.10 Å². The highest BCUT2D eigenvalue weighted by molar-refractivity contribution is 7.47. The molecule has 0 aliphatic heterocycles. The molecule has 0 aliphatic carbocycles. The molecule has 0 aromatic rings. The summed E-state index contributed by atoms with van der Waals surface area (Å²) in [5, 5.41) is 0. The van der Waals surface area contributed by atoms with E-state index in [0.29, 0.717) is 6.42 Å². The van der Waals surface area contributed by atoms with E-state index in [9.17, 15) is 19.0 Å². The van der Waals surface area contributed by atoms with E-state index in [1.54, 1.807) is 0 Å². The number of unbranched alkanes of at least 4 members (excludes halogenated alkanes) is 21. The Labute approximate surface area is 324 Å². The highest BCUT2D eigenvalue weighted by atomic mass is 31.2. The lowest BCUT2D eigenvalue weighted by molar-refractivity contribution is -0.161. The van der Waals surface area contributed by atoms with Crippen LogP contribution in [0.3, 0.4) is 0 Å². The minimum Gasteiger partial charge on any atom is -0.462 e. The normalized spacial score (nSPS) is 13.7. The van der Waals surface area contributed by atoms with Gasteiger partial charge in [-0.2, -0.15) is 0 Å². The van der Waals surface area contributed by atoms with Crippen molar-refractivity contribution in [3.63, 3.8) is 0 Å². The molecule has 0 aromatic heterocycles. The molecule has 2 atom stereocenters. The van der Waals surface area contributed by atoms with E-state index in [4.69, 9.17) is 24.3 Å². The van der Waals surface area contributed by atoms with Crippen molar-refractivity contribution in [1.82, 2.24) is 0 Å². The molecule has 0 spiro atoms. The van der Waals surface area contributed by atoms with Crippen LogP contribution >= 0.6 is 7.82 Å². The fraction of sp³-hybridized carbons (Fsp3) is 0.814. The molecule has 0 aromatic carbocycles. The third-order valence-electron chi connectivity index (χ3n) is 9.00. The Morgan fingerprint density at radius 3 is 1.57 bits per heavy atom. The minimum absolute atomic E-state index is 0.0470. The van der Waals surface area contributed by atoms with E-state index in [-0.39, 0.29) is 32.6 Å². The second-order valence-electron chi connectivity index (χ2n) is 14.2. The molecule has 53 heavy (non-hydrogen) atoms. The lowest BCUT2D eigenvalue weighted by Crippen LogP contribution is -2.29. The number of allylic oxidation sites excluding steroid dienone is 6. The molecule has 10 heteroatoms. The van der Waals surface area contributed by atoms with Crippen LogP contribution in [-0.4, -0.2) is 49.3 Å². The van der Waals surface area contributed by atoms with E-state index >= 15 is 0 Å². The van der Waals surface area contributed by atoms with Crippen LogP contribution < -0.4 is 5.73 Å². The molecule has 0 bridgehead atoms. The Bertz CT molecular complexity index is 970. The summed E-state index contributed by atoms with van der Waals surface area (Å²) in [7, 11) is -4.38. The number of ether oxygens (including phenoxy) is 2. The van der Waals surface area contributed by atoms with Crippen LogP contribution in [0.4, 0.5) is 0 Å². The molecule has 3 N–H and O–H groups in total. The quantitative estimate of drug-likeness (QED) is 0.0270. The summed E-state index contributed by atoms with van der Waals surface area (Å²) in [5.41, 5.74) is 5.34. The third-order valence-corrected chi connectivity index (χ3v) is 9.98. The summed E-state index contributed by atoms with van der Waals surface area (Å²) < 4.78 is 32.7. The molecular weight excluding hydrogens is 689 g/mol. The topological polar surface area (TPSA) is 134 Å². The Morgan fingerprint density at radius 2 is 1.02 bits per heavy atom. The van der Waals surface area contributed by atoms with Crippen molar-refractivity contribution in [2.75, 3.05) is 26.4 Å². The van der Waals surface area contributed by atoms with Gasteiger partial charge in [0.05, 0.1) is 13.2 Å². The molecule has 0 radical (unpaired) electrons. The van der Waals surface area contributed by atoms with Gasteiger partial charge in [-0.15, -0.1) is 0 Å². The van der Waals surface area contributed by atoms with E-state index in [1.807, 2.05) is 0 Å². The molecular formula is C43H80NO8P. The van der Waals surface area contributed by atoms with E-state index in [1.165, 1.54) is 122 Å². The highest BCUT2D eigenvalue weighted by Crippen LogP contribution is 2.43. The number of carbonyl (C=O) groups is 2. The number of nitrogens with two attached hydrogens (primary N) is 1. The number of rotatable bonds is 40. The lowest BCUT2D eigenvalue weighted by Gasteiger charge is -2.19. The number of esters is 2. The van der Waals surface area contributed by atoms with Gasteiger partial charge in [-0.3, -0.25) is 18.6 Å². The van der Waals surface area contributed by atoms with Gasteiger partial charge in [-0.05, 0) is 57.8 Å². The number of phosphoric ester groups is 1. The number of carbonyl (C=O) groups excluding carboxylic acids is 2. The molecule has 9 nitrogen and oxygen atoms in total. The van der Waals surface area contributed by atoms with E-state index in [0.717, 1.165) is 38.5 Å². The number of phosphoric acid groups is 1. The monoisotopic (exact) mass is 770 g/mol. The van der Waals surface area contributed by atoms with Gasteiger partial charge in [-0.25, -0.2) is 4.57 Å². The van der Waals surface area contributed by atoms with Crippen LogP contribution in [0.5, 0.6) is 0 Å². The Hall–Kier alpha value is -1.77. The van der Waals surface area contributed by atoms with Crippen molar-refractivity contribution in [3.8, 4) is 0 Å². The zero-order valence-corrected chi connectivity index (χ0v) is 34.9. The van der Waals surface area contributed by atoms with Gasteiger partial charge < -0.3 is 20.1 Å². The molecule has 1 unspecified atom stereocenters. The summed E-state index contributed by atoms with van der Waals surface area (Å²) in [5.74, 6) is -0.882. The molecule has 310 valence electrons. The van der Waals surface area contributed by atoms with Crippen molar-refractivity contribution in [1.29, 1.82) is 0 Å². The van der Waals surface area contributed by atoms with Gasteiger partial charge in [0, 0.05) is 19.4 Å². The van der Waals surface area contributed by atoms with Crippen molar-refractivity contribution in [3.05, 3.63) is 36.5 Å². The van der Waals surface area contributed by atoms with Crippen LogP contribution in [0.15, 0.2) is 36.5 Å². The average molecular weight is 770 g/mol. The SMILES string of the molecule is CCCC/C=C/CCCCCCCCCCCC(=O)OC[C@H](COP(=O)(O)OCCN)OC(=O)CCC/C=C/C/C=C/CCCCCCCCCCC. The lowest BCUT2D eigenvalue weighted by atomic mass is 10.1. The minimum atomic E-state index is -4.38. The summed E-state index contributed by atoms with van der Waals surface area (Å²) in [4.78, 5) is 34.8. The maximum absolute atomic E-state index is 12.5. The summed E-state index contributed by atoms with van der Waals surface area (Å²) >= 11 is 0. The molecule has 0 saturated heterocycles. The molecule has 0 aliphatic rings. The Balaban J connectivity index is 4.22. The first-order valence-corrected chi connectivity index (χ1v) is 23.0. The summed E-state index contributed by atoms with van der Waals surface area (Å²) in [6.07, 6.45) is 43.2. The standard InChI is InChI=1S/C43H80NO8P/c1-3-5-7-9-11-13-15-17-19-20-22-24-26-28-30-32-34-36-43(46)52-41(40-51-53(47,48)50-38-37-44)39-49-42(45)35-33-31-29-27-25-23-21-18-16-14-12-10-8-6-4-2/h10,12,22,24,28,30,41H,3-9,11,13-21,23,25-27,29,31-40,44H2,1-2H3,(H,47,48)/b12-10+,24-22+,30-28+/t41-/m1/s1. The number of hydrogen-bond donors (Lipinski definition) is 2. The van der Waals surface area contributed by atoms with Gasteiger partial charge in [-0.1, -0.05) is 159 Å². The fourth-order valence-electron chi connectivity index (χ4n) is 5.77. The van der Waals surface area contributed by atoms with Gasteiger partial charge in [0.2, 0.25) is 0 Å². The number of hydrogen-bond acceptors (Lipinski definition) is 8. The predicted molar refractivity (Wildman–Crippen MR) is 220 cm³/mol. The van der Waals surface area contributed by atoms with E-state index in [2.05, 4.69) is 50.3 Å². The zero-order chi connectivity index (χ0) is 38.9. The summed E-state index contributed by atoms with van der Waals surface area (Å²) in [6, 6.07) is 0. The smallest absolute Gasteiger partial charge is 0.462 e. The Kier molecular flexibility index (Phi) is 38.6. The van der Waals surface area contributed by atoms with Crippen LogP contribution in [0.1, 0.15) is 194 Å². The maximum atomic E-state index is 12.5. The largest absolute Gasteiger partial charge is 0.472 e. The molecule has 0 rings (SSSR count). The first kappa shape index (κ1) is 51.2. The second-order valence-corrected chi connectivity index (χ2v) is 15.7. The maximum Gasteiger partial charge on any atom is 0.472 e. The van der Waals surface area contributed by atoms with Gasteiger partial charge in [0.1, 0.15) is 6.61 Å². The van der Waals surface area contributed by atoms with Crippen LogP contribution in [0, 0.1) is 0 Å². The van der Waals surface area contributed by atoms with Crippen molar-refractivity contribution in [2.45, 2.75) is 200 Å². The third kappa shape index (κ3) is 39.7. The summed E-state index contributed by atoms with van der Waals surface area (Å²) in [6.45, 7) is 3.66. The zero-order valence-electron chi connectivity index (χ0n) is 34.0. The molecule has 0 fully saturated rings. The highest BCUT2D eigenvalue weighted by Gasteiger charge is 2.25. The van der Waals surface area contributed by atoms with Crippen LogP contribution in [0.25, 0.3) is 0 Å². The van der Waals surface area contributed by atoms with Crippen molar-refractivity contribution < 1.29 is 37.6 Å². The van der Waals surface area contributed by atoms with Crippen LogP contribution in [0.2, 0.25) is 0 Å². The average Bonchev–Trinajstić information content (AvgIpc) is 3.14. The fourth-order valence-corrected chi connectivity index (χ4v) is 6.54. The molecule has 0 amide bonds. The van der Waals surface area contributed by atoms with Crippen molar-refractivity contribution in [2.24, 2.45) is 5.73 Å². The first-order chi connectivity index (χ1) is 25.8. The molecule has 0 saturated carbocycles. The molecule has 0 heterocycles. The van der Waals surface area contributed by atoms with Gasteiger partial charge in [0.25, 0.3) is 0 Å².